The van der Waals surface area contributed by atoms with Crippen LogP contribution >= 0.6 is 47.0 Å². The molecular weight excluding hydrogens is 425 g/mol. The summed E-state index contributed by atoms with van der Waals surface area (Å²) in [6.07, 6.45) is 0. The SMILES string of the molecule is CN(C)S(=O)(=O)c1ccc(Cl)c(NC(=S)Nc2ccc(Cl)c(Cl)c2)c1. The number of sulfonamides is 1. The Morgan fingerprint density at radius 1 is 0.960 bits per heavy atom. The molecule has 0 atom stereocenters. The van der Waals surface area contributed by atoms with E-state index in [2.05, 4.69) is 10.6 Å². The first-order valence-corrected chi connectivity index (χ1v) is 9.84. The van der Waals surface area contributed by atoms with Gasteiger partial charge in [-0.3, -0.25) is 0 Å². The molecular formula is C15H14Cl3N3O2S2. The molecule has 2 aromatic carbocycles. The zero-order chi connectivity index (χ0) is 18.8. The van der Waals surface area contributed by atoms with Crippen LogP contribution in [0.5, 0.6) is 0 Å². The standard InChI is InChI=1S/C15H14Cl3N3O2S2/c1-21(2)25(22,23)10-4-6-12(17)14(8-10)20-15(24)19-9-3-5-11(16)13(18)7-9/h3-8H,1-2H3,(H2,19,20,24). The predicted molar refractivity (Wildman–Crippen MR) is 109 cm³/mol. The number of rotatable bonds is 4. The van der Waals surface area contributed by atoms with Gasteiger partial charge in [-0.05, 0) is 48.6 Å². The fraction of sp³-hybridized carbons (Fsp3) is 0.133. The van der Waals surface area contributed by atoms with Crippen molar-refractivity contribution in [1.82, 2.24) is 4.31 Å². The van der Waals surface area contributed by atoms with E-state index in [1.165, 1.54) is 32.3 Å². The van der Waals surface area contributed by atoms with Gasteiger partial charge in [0.15, 0.2) is 5.11 Å². The zero-order valence-corrected chi connectivity index (χ0v) is 17.1. The monoisotopic (exact) mass is 437 g/mol. The van der Waals surface area contributed by atoms with Gasteiger partial charge in [0, 0.05) is 19.8 Å². The van der Waals surface area contributed by atoms with Crippen LogP contribution in [0.25, 0.3) is 0 Å². The van der Waals surface area contributed by atoms with Gasteiger partial charge in [-0.2, -0.15) is 0 Å². The molecule has 0 heterocycles. The van der Waals surface area contributed by atoms with Crippen LogP contribution in [0.15, 0.2) is 41.3 Å². The van der Waals surface area contributed by atoms with Gasteiger partial charge in [-0.1, -0.05) is 34.8 Å². The number of benzene rings is 2. The predicted octanol–water partition coefficient (Wildman–Crippen LogP) is 4.71. The number of halogens is 3. The number of nitrogens with zero attached hydrogens (tertiary/aromatic N) is 1. The maximum absolute atomic E-state index is 12.2. The minimum absolute atomic E-state index is 0.0988. The Bertz CT molecular complexity index is 918. The molecule has 2 rings (SSSR count). The second-order valence-corrected chi connectivity index (χ2v) is 8.92. The van der Waals surface area contributed by atoms with E-state index in [0.717, 1.165) is 4.31 Å². The Hall–Kier alpha value is -1.09. The lowest BCUT2D eigenvalue weighted by atomic mass is 10.3. The molecule has 0 bridgehead atoms. The normalized spacial score (nSPS) is 11.4. The number of hydrogen-bond acceptors (Lipinski definition) is 3. The molecule has 0 aliphatic carbocycles. The summed E-state index contributed by atoms with van der Waals surface area (Å²) in [4.78, 5) is 0.0988. The lowest BCUT2D eigenvalue weighted by Gasteiger charge is -2.15. The van der Waals surface area contributed by atoms with Crippen molar-refractivity contribution >= 4 is 73.5 Å². The van der Waals surface area contributed by atoms with E-state index < -0.39 is 10.0 Å². The third kappa shape index (κ3) is 4.97. The van der Waals surface area contributed by atoms with Crippen LogP contribution in [0.3, 0.4) is 0 Å². The molecule has 5 nitrogen and oxygen atoms in total. The number of hydrogen-bond donors (Lipinski definition) is 2. The van der Waals surface area contributed by atoms with Crippen LogP contribution in [0.2, 0.25) is 15.1 Å². The molecule has 0 spiro atoms. The summed E-state index contributed by atoms with van der Waals surface area (Å²) in [7, 11) is -0.679. The molecule has 0 aliphatic heterocycles. The molecule has 2 aromatic rings. The number of thiocarbonyl (C=S) groups is 1. The first-order valence-electron chi connectivity index (χ1n) is 6.86. The van der Waals surface area contributed by atoms with E-state index in [1.807, 2.05) is 0 Å². The number of nitrogens with one attached hydrogen (secondary N) is 2. The van der Waals surface area contributed by atoms with E-state index in [1.54, 1.807) is 18.2 Å². The topological polar surface area (TPSA) is 61.4 Å². The van der Waals surface area contributed by atoms with Gasteiger partial charge in [0.05, 0.1) is 25.7 Å². The second kappa shape index (κ2) is 8.07. The quantitative estimate of drug-likeness (QED) is 0.677. The molecule has 25 heavy (non-hydrogen) atoms. The zero-order valence-electron chi connectivity index (χ0n) is 13.2. The minimum Gasteiger partial charge on any atom is -0.332 e. The Morgan fingerprint density at radius 2 is 1.60 bits per heavy atom. The van der Waals surface area contributed by atoms with Crippen LogP contribution < -0.4 is 10.6 Å². The van der Waals surface area contributed by atoms with Gasteiger partial charge < -0.3 is 10.6 Å². The van der Waals surface area contributed by atoms with E-state index in [9.17, 15) is 8.42 Å². The highest BCUT2D eigenvalue weighted by molar-refractivity contribution is 7.89. The molecule has 2 N–H and O–H groups in total. The molecule has 0 aliphatic rings. The molecule has 0 radical (unpaired) electrons. The average Bonchev–Trinajstić information content (AvgIpc) is 2.52. The van der Waals surface area contributed by atoms with Crippen molar-refractivity contribution in [2.24, 2.45) is 0 Å². The smallest absolute Gasteiger partial charge is 0.242 e. The Kier molecular flexibility index (Phi) is 6.53. The summed E-state index contributed by atoms with van der Waals surface area (Å²) >= 11 is 23.2. The molecule has 134 valence electrons. The summed E-state index contributed by atoms with van der Waals surface area (Å²) in [6.45, 7) is 0. The van der Waals surface area contributed by atoms with Crippen molar-refractivity contribution in [3.63, 3.8) is 0 Å². The summed E-state index contributed by atoms with van der Waals surface area (Å²) in [5.74, 6) is 0. The summed E-state index contributed by atoms with van der Waals surface area (Å²) in [6, 6.07) is 9.29. The highest BCUT2D eigenvalue weighted by Crippen LogP contribution is 2.28. The maximum atomic E-state index is 12.2. The molecule has 10 heteroatoms. The highest BCUT2D eigenvalue weighted by Gasteiger charge is 2.18. The Balaban J connectivity index is 2.21. The third-order valence-corrected chi connectivity index (χ3v) is 6.23. The van der Waals surface area contributed by atoms with Crippen molar-refractivity contribution in [3.05, 3.63) is 51.5 Å². The van der Waals surface area contributed by atoms with Gasteiger partial charge in [0.2, 0.25) is 10.0 Å². The van der Waals surface area contributed by atoms with Gasteiger partial charge >= 0.3 is 0 Å². The van der Waals surface area contributed by atoms with Crippen LogP contribution in [0.1, 0.15) is 0 Å². The van der Waals surface area contributed by atoms with E-state index in [4.69, 9.17) is 47.0 Å². The van der Waals surface area contributed by atoms with Gasteiger partial charge in [-0.15, -0.1) is 0 Å². The molecule has 0 fully saturated rings. The van der Waals surface area contributed by atoms with E-state index >= 15 is 0 Å². The van der Waals surface area contributed by atoms with Crippen molar-refractivity contribution in [3.8, 4) is 0 Å². The highest BCUT2D eigenvalue weighted by atomic mass is 35.5. The summed E-state index contributed by atoms with van der Waals surface area (Å²) in [5.41, 5.74) is 0.988. The van der Waals surface area contributed by atoms with E-state index in [-0.39, 0.29) is 10.0 Å². The van der Waals surface area contributed by atoms with E-state index in [0.29, 0.717) is 26.4 Å². The van der Waals surface area contributed by atoms with Gasteiger partial charge in [0.25, 0.3) is 0 Å². The average molecular weight is 439 g/mol. The van der Waals surface area contributed by atoms with Crippen LogP contribution in [0.4, 0.5) is 11.4 Å². The molecule has 0 aromatic heterocycles. The van der Waals surface area contributed by atoms with Crippen molar-refractivity contribution < 1.29 is 8.42 Å². The first-order chi connectivity index (χ1) is 11.6. The first kappa shape index (κ1) is 20.2. The lowest BCUT2D eigenvalue weighted by molar-refractivity contribution is 0.521. The summed E-state index contributed by atoms with van der Waals surface area (Å²) in [5, 5.41) is 7.16. The fourth-order valence-electron chi connectivity index (χ4n) is 1.83. The second-order valence-electron chi connectivity index (χ2n) is 5.14. The number of anilines is 2. The van der Waals surface area contributed by atoms with Crippen LogP contribution in [0, 0.1) is 0 Å². The van der Waals surface area contributed by atoms with Crippen LogP contribution in [-0.2, 0) is 10.0 Å². The largest absolute Gasteiger partial charge is 0.332 e. The molecule has 0 unspecified atom stereocenters. The summed E-state index contributed by atoms with van der Waals surface area (Å²) < 4.78 is 25.6. The van der Waals surface area contributed by atoms with Gasteiger partial charge in [0.1, 0.15) is 0 Å². The molecule has 0 saturated carbocycles. The molecule has 0 saturated heterocycles. The van der Waals surface area contributed by atoms with Crippen molar-refractivity contribution in [2.45, 2.75) is 4.90 Å². The maximum Gasteiger partial charge on any atom is 0.242 e. The van der Waals surface area contributed by atoms with Crippen molar-refractivity contribution in [1.29, 1.82) is 0 Å². The van der Waals surface area contributed by atoms with Crippen LogP contribution in [-0.4, -0.2) is 31.9 Å². The van der Waals surface area contributed by atoms with Gasteiger partial charge in [-0.25, -0.2) is 12.7 Å². The fourth-order valence-corrected chi connectivity index (χ4v) is 3.45. The Morgan fingerprint density at radius 3 is 2.20 bits per heavy atom. The molecule has 0 amide bonds. The third-order valence-electron chi connectivity index (χ3n) is 3.14. The lowest BCUT2D eigenvalue weighted by Crippen LogP contribution is -2.23. The minimum atomic E-state index is -3.58. The Labute approximate surface area is 166 Å². The van der Waals surface area contributed by atoms with Crippen molar-refractivity contribution in [2.75, 3.05) is 24.7 Å².